The lowest BCUT2D eigenvalue weighted by Crippen LogP contribution is -2.34. The van der Waals surface area contributed by atoms with Crippen LogP contribution in [-0.2, 0) is 4.79 Å². The van der Waals surface area contributed by atoms with E-state index in [0.29, 0.717) is 23.1 Å². The number of ether oxygens (including phenoxy) is 1. The molecule has 29 heavy (non-hydrogen) atoms. The van der Waals surface area contributed by atoms with Gasteiger partial charge in [-0.05, 0) is 49.2 Å². The quantitative estimate of drug-likeness (QED) is 0.497. The average Bonchev–Trinajstić information content (AvgIpc) is 2.74. The highest BCUT2D eigenvalue weighted by atomic mass is 35.5. The van der Waals surface area contributed by atoms with Gasteiger partial charge in [0, 0.05) is 11.1 Å². The summed E-state index contributed by atoms with van der Waals surface area (Å²) in [5, 5.41) is 7.14. The Hall–Kier alpha value is -2.82. The lowest BCUT2D eigenvalue weighted by Gasteiger charge is -2.24. The Bertz CT molecular complexity index is 929. The number of halogens is 1. The first-order valence-corrected chi connectivity index (χ1v) is 10.1. The highest BCUT2D eigenvalue weighted by molar-refractivity contribution is 6.30. The molecule has 0 aromatic heterocycles. The van der Waals surface area contributed by atoms with Crippen LogP contribution in [0.5, 0.6) is 5.75 Å². The van der Waals surface area contributed by atoms with E-state index in [4.69, 9.17) is 16.3 Å². The number of anilines is 1. The van der Waals surface area contributed by atoms with Crippen molar-refractivity contribution in [2.75, 3.05) is 11.9 Å². The number of para-hydroxylation sites is 2. The van der Waals surface area contributed by atoms with Crippen molar-refractivity contribution >= 4 is 23.2 Å². The van der Waals surface area contributed by atoms with Crippen LogP contribution in [0.4, 0.5) is 5.69 Å². The third-order valence-corrected chi connectivity index (χ3v) is 4.88. The number of amides is 1. The van der Waals surface area contributed by atoms with Gasteiger partial charge in [0.1, 0.15) is 11.8 Å². The van der Waals surface area contributed by atoms with Gasteiger partial charge in [-0.3, -0.25) is 10.1 Å². The van der Waals surface area contributed by atoms with Crippen LogP contribution < -0.4 is 15.4 Å². The zero-order valence-electron chi connectivity index (χ0n) is 16.6. The maximum absolute atomic E-state index is 13.2. The van der Waals surface area contributed by atoms with Gasteiger partial charge in [-0.2, -0.15) is 0 Å². The van der Waals surface area contributed by atoms with E-state index in [1.165, 1.54) is 0 Å². The number of nitrogens with one attached hydrogen (secondary N) is 2. The van der Waals surface area contributed by atoms with Gasteiger partial charge in [0.25, 0.3) is 0 Å². The molecule has 3 rings (SSSR count). The summed E-state index contributed by atoms with van der Waals surface area (Å²) in [6.07, 6.45) is 0. The molecule has 5 heteroatoms. The summed E-state index contributed by atoms with van der Waals surface area (Å²) in [5.74, 6) is 0.505. The van der Waals surface area contributed by atoms with Gasteiger partial charge in [-0.25, -0.2) is 0 Å². The molecule has 0 aliphatic heterocycles. The Labute approximate surface area is 176 Å². The molecule has 1 amide bonds. The van der Waals surface area contributed by atoms with Crippen LogP contribution in [0.25, 0.3) is 0 Å². The molecule has 0 aliphatic rings. The number of rotatable bonds is 8. The molecule has 0 bridgehead atoms. The molecule has 3 aromatic rings. The summed E-state index contributed by atoms with van der Waals surface area (Å²) in [6, 6.07) is 24.2. The van der Waals surface area contributed by atoms with Crippen molar-refractivity contribution in [3.63, 3.8) is 0 Å². The Morgan fingerprint density at radius 1 is 0.931 bits per heavy atom. The highest BCUT2D eigenvalue weighted by Gasteiger charge is 2.23. The standard InChI is InChI=1S/C24H25ClN2O2/c1-3-29-22-12-8-7-11-21(22)27-24(28)23(19-9-5-4-6-10-19)26-17(2)18-13-15-20(25)16-14-18/h4-17,23,26H,3H2,1-2H3,(H,27,28)/t17-,23-/m0/s1. The smallest absolute Gasteiger partial charge is 0.246 e. The second-order valence-electron chi connectivity index (χ2n) is 6.70. The van der Waals surface area contributed by atoms with Crippen LogP contribution >= 0.6 is 11.6 Å². The summed E-state index contributed by atoms with van der Waals surface area (Å²) in [6.45, 7) is 4.47. The van der Waals surface area contributed by atoms with Crippen LogP contribution in [-0.4, -0.2) is 12.5 Å². The third kappa shape index (κ3) is 5.59. The highest BCUT2D eigenvalue weighted by Crippen LogP contribution is 2.27. The molecule has 0 spiro atoms. The number of hydrogen-bond donors (Lipinski definition) is 2. The zero-order chi connectivity index (χ0) is 20.6. The fraction of sp³-hybridized carbons (Fsp3) is 0.208. The van der Waals surface area contributed by atoms with E-state index in [1.54, 1.807) is 0 Å². The molecule has 0 heterocycles. The van der Waals surface area contributed by atoms with E-state index in [9.17, 15) is 4.79 Å². The molecule has 0 saturated heterocycles. The molecule has 150 valence electrons. The molecule has 4 nitrogen and oxygen atoms in total. The molecule has 0 radical (unpaired) electrons. The first kappa shape index (κ1) is 20.9. The van der Waals surface area contributed by atoms with E-state index < -0.39 is 6.04 Å². The van der Waals surface area contributed by atoms with E-state index >= 15 is 0 Å². The summed E-state index contributed by atoms with van der Waals surface area (Å²) in [7, 11) is 0. The topological polar surface area (TPSA) is 50.4 Å². The van der Waals surface area contributed by atoms with Crippen LogP contribution in [0.2, 0.25) is 5.02 Å². The van der Waals surface area contributed by atoms with Gasteiger partial charge in [0.15, 0.2) is 0 Å². The molecule has 2 atom stereocenters. The van der Waals surface area contributed by atoms with E-state index in [1.807, 2.05) is 92.7 Å². The van der Waals surface area contributed by atoms with Crippen molar-refractivity contribution in [2.45, 2.75) is 25.9 Å². The summed E-state index contributed by atoms with van der Waals surface area (Å²) >= 11 is 6.00. The number of benzene rings is 3. The molecule has 0 unspecified atom stereocenters. The lowest BCUT2D eigenvalue weighted by molar-refractivity contribution is -0.118. The van der Waals surface area contributed by atoms with Crippen LogP contribution in [0.3, 0.4) is 0 Å². The minimum atomic E-state index is -0.531. The minimum absolute atomic E-state index is 0.0506. The maximum Gasteiger partial charge on any atom is 0.246 e. The van der Waals surface area contributed by atoms with Crippen molar-refractivity contribution in [1.82, 2.24) is 5.32 Å². The lowest BCUT2D eigenvalue weighted by atomic mass is 10.0. The predicted molar refractivity (Wildman–Crippen MR) is 118 cm³/mol. The first-order chi connectivity index (χ1) is 14.1. The molecule has 0 fully saturated rings. The van der Waals surface area contributed by atoms with Crippen molar-refractivity contribution in [3.05, 3.63) is 95.0 Å². The Kier molecular flexibility index (Phi) is 7.28. The molecule has 3 aromatic carbocycles. The van der Waals surface area contributed by atoms with E-state index in [-0.39, 0.29) is 11.9 Å². The second-order valence-corrected chi connectivity index (χ2v) is 7.14. The fourth-order valence-corrected chi connectivity index (χ4v) is 3.25. The van der Waals surface area contributed by atoms with Gasteiger partial charge >= 0.3 is 0 Å². The van der Waals surface area contributed by atoms with Gasteiger partial charge in [0.2, 0.25) is 5.91 Å². The van der Waals surface area contributed by atoms with Crippen molar-refractivity contribution in [3.8, 4) is 5.75 Å². The SMILES string of the molecule is CCOc1ccccc1NC(=O)[C@@H](N[C@@H](C)c1ccc(Cl)cc1)c1ccccc1. The van der Waals surface area contributed by atoms with Gasteiger partial charge in [-0.15, -0.1) is 0 Å². The first-order valence-electron chi connectivity index (χ1n) is 9.67. The molecular weight excluding hydrogens is 384 g/mol. The normalized spacial score (nSPS) is 12.8. The predicted octanol–water partition coefficient (Wildman–Crippen LogP) is 5.77. The van der Waals surface area contributed by atoms with Crippen molar-refractivity contribution in [1.29, 1.82) is 0 Å². The fourth-order valence-electron chi connectivity index (χ4n) is 3.12. The van der Waals surface area contributed by atoms with Gasteiger partial charge < -0.3 is 10.1 Å². The van der Waals surface area contributed by atoms with Crippen LogP contribution in [0.1, 0.15) is 37.1 Å². The van der Waals surface area contributed by atoms with Gasteiger partial charge in [-0.1, -0.05) is 66.2 Å². The number of carbonyl (C=O) groups is 1. The molecule has 2 N–H and O–H groups in total. The minimum Gasteiger partial charge on any atom is -0.492 e. The van der Waals surface area contributed by atoms with Gasteiger partial charge in [0.05, 0.1) is 12.3 Å². The summed E-state index contributed by atoms with van der Waals surface area (Å²) < 4.78 is 5.64. The maximum atomic E-state index is 13.2. The van der Waals surface area contributed by atoms with E-state index in [2.05, 4.69) is 10.6 Å². The summed E-state index contributed by atoms with van der Waals surface area (Å²) in [4.78, 5) is 13.2. The Balaban J connectivity index is 1.84. The third-order valence-electron chi connectivity index (χ3n) is 4.63. The molecule has 0 aliphatic carbocycles. The number of hydrogen-bond acceptors (Lipinski definition) is 3. The average molecular weight is 409 g/mol. The van der Waals surface area contributed by atoms with Crippen LogP contribution in [0, 0.1) is 0 Å². The summed E-state index contributed by atoms with van der Waals surface area (Å²) in [5.41, 5.74) is 2.60. The largest absolute Gasteiger partial charge is 0.492 e. The van der Waals surface area contributed by atoms with E-state index in [0.717, 1.165) is 11.1 Å². The Morgan fingerprint density at radius 3 is 2.28 bits per heavy atom. The number of carbonyl (C=O) groups excluding carboxylic acids is 1. The second kappa shape index (κ2) is 10.1. The monoisotopic (exact) mass is 408 g/mol. The van der Waals surface area contributed by atoms with Crippen molar-refractivity contribution in [2.24, 2.45) is 0 Å². The van der Waals surface area contributed by atoms with Crippen LogP contribution in [0.15, 0.2) is 78.9 Å². The molecular formula is C24H25ClN2O2. The van der Waals surface area contributed by atoms with Crippen molar-refractivity contribution < 1.29 is 9.53 Å². The Morgan fingerprint density at radius 2 is 1.59 bits per heavy atom. The molecule has 0 saturated carbocycles. The zero-order valence-corrected chi connectivity index (χ0v) is 17.3.